The average molecular weight is 124 g/mol. The van der Waals surface area contributed by atoms with Gasteiger partial charge in [0.05, 0.1) is 0 Å². The molecule has 0 amide bonds. The van der Waals surface area contributed by atoms with Crippen molar-refractivity contribution < 1.29 is 0 Å². The Morgan fingerprint density at radius 3 is 1.78 bits per heavy atom. The quantitative estimate of drug-likeness (QED) is 0.495. The van der Waals surface area contributed by atoms with Gasteiger partial charge in [-0.2, -0.15) is 0 Å². The molecule has 0 unspecified atom stereocenters. The van der Waals surface area contributed by atoms with E-state index in [0.717, 1.165) is 6.42 Å². The highest BCUT2D eigenvalue weighted by molar-refractivity contribution is 4.85. The first-order valence-corrected chi connectivity index (χ1v) is 3.12. The van der Waals surface area contributed by atoms with Crippen LogP contribution >= 0.6 is 0 Å². The Labute approximate surface area is 58.6 Å². The van der Waals surface area contributed by atoms with Gasteiger partial charge in [-0.3, -0.25) is 0 Å². The van der Waals surface area contributed by atoms with Crippen molar-refractivity contribution in [3.8, 4) is 0 Å². The molecule has 0 saturated heterocycles. The third-order valence-corrected chi connectivity index (χ3v) is 0.538. The normalized spacial score (nSPS) is 7.78. The van der Waals surface area contributed by atoms with E-state index in [1.165, 1.54) is 0 Å². The van der Waals surface area contributed by atoms with Crippen LogP contribution in [0.15, 0.2) is 37.5 Å². The predicted molar refractivity (Wildman–Crippen MR) is 45.5 cm³/mol. The largest absolute Gasteiger partial charge is 0.103 e. The first-order chi connectivity index (χ1) is 4.33. The molecule has 0 saturated carbocycles. The summed E-state index contributed by atoms with van der Waals surface area (Å²) < 4.78 is 0. The van der Waals surface area contributed by atoms with E-state index in [2.05, 4.69) is 19.2 Å². The molecule has 0 bridgehead atoms. The average Bonchev–Trinajstić information content (AvgIpc) is 1.86. The lowest BCUT2D eigenvalue weighted by Crippen LogP contribution is -1.48. The monoisotopic (exact) mass is 124 g/mol. The molecule has 0 fully saturated rings. The highest BCUT2D eigenvalue weighted by atomic mass is 13.6. The van der Waals surface area contributed by atoms with Crippen LogP contribution in [0.2, 0.25) is 0 Å². The van der Waals surface area contributed by atoms with Crippen molar-refractivity contribution in [2.45, 2.75) is 20.3 Å². The molecule has 0 heteroatoms. The molecule has 0 heterocycles. The van der Waals surface area contributed by atoms with Crippen LogP contribution in [0.3, 0.4) is 0 Å². The van der Waals surface area contributed by atoms with Crippen molar-refractivity contribution in [3.63, 3.8) is 0 Å². The van der Waals surface area contributed by atoms with Crippen LogP contribution in [0.4, 0.5) is 0 Å². The van der Waals surface area contributed by atoms with Crippen molar-refractivity contribution >= 4 is 0 Å². The second-order valence-corrected chi connectivity index (χ2v) is 1.50. The molecule has 0 aliphatic heterocycles. The van der Waals surface area contributed by atoms with Crippen LogP contribution in [0.1, 0.15) is 20.3 Å². The summed E-state index contributed by atoms with van der Waals surface area (Å²) in [6.45, 7) is 10.8. The van der Waals surface area contributed by atoms with Crippen LogP contribution in [-0.4, -0.2) is 0 Å². The second-order valence-electron chi connectivity index (χ2n) is 1.50. The minimum atomic E-state index is 0.997. The fourth-order valence-corrected chi connectivity index (χ4v) is 0.232. The van der Waals surface area contributed by atoms with Gasteiger partial charge in [0.2, 0.25) is 0 Å². The summed E-state index contributed by atoms with van der Waals surface area (Å²) in [5.41, 5.74) is 0. The zero-order valence-corrected chi connectivity index (χ0v) is 6.43. The van der Waals surface area contributed by atoms with E-state index in [0.29, 0.717) is 0 Å². The van der Waals surface area contributed by atoms with Gasteiger partial charge in [0.15, 0.2) is 0 Å². The van der Waals surface area contributed by atoms with Crippen molar-refractivity contribution in [3.05, 3.63) is 37.5 Å². The molecule has 0 rings (SSSR count). The maximum absolute atomic E-state index is 3.55. The van der Waals surface area contributed by atoms with Crippen molar-refractivity contribution in [1.82, 2.24) is 0 Å². The van der Waals surface area contributed by atoms with Gasteiger partial charge in [0.1, 0.15) is 0 Å². The maximum atomic E-state index is 3.55. The van der Waals surface area contributed by atoms with E-state index in [1.54, 1.807) is 6.08 Å². The Hall–Kier alpha value is -0.780. The van der Waals surface area contributed by atoms with E-state index in [-0.39, 0.29) is 0 Å². The van der Waals surface area contributed by atoms with Crippen LogP contribution in [0.25, 0.3) is 0 Å². The van der Waals surface area contributed by atoms with Gasteiger partial charge in [-0.1, -0.05) is 24.3 Å². The zero-order chi connectivity index (χ0) is 7.54. The Balaban J connectivity index is 0. The molecule has 9 heavy (non-hydrogen) atoms. The van der Waals surface area contributed by atoms with Gasteiger partial charge in [-0.25, -0.2) is 0 Å². The summed E-state index contributed by atoms with van der Waals surface area (Å²) in [5.74, 6) is 0. The number of rotatable bonds is 2. The molecular weight excluding hydrogens is 108 g/mol. The third-order valence-electron chi connectivity index (χ3n) is 0.538. The lowest BCUT2D eigenvalue weighted by Gasteiger charge is -1.69. The van der Waals surface area contributed by atoms with E-state index in [1.807, 2.05) is 26.0 Å². The highest BCUT2D eigenvalue weighted by Crippen LogP contribution is 1.78. The second kappa shape index (κ2) is 15.7. The maximum Gasteiger partial charge on any atom is -0.0172 e. The molecule has 0 N–H and O–H groups in total. The molecule has 0 aromatic rings. The van der Waals surface area contributed by atoms with E-state index in [9.17, 15) is 0 Å². The minimum Gasteiger partial charge on any atom is -0.103 e. The summed E-state index contributed by atoms with van der Waals surface area (Å²) in [6.07, 6.45) is 8.70. The van der Waals surface area contributed by atoms with Crippen LogP contribution in [0, 0.1) is 0 Å². The minimum absolute atomic E-state index is 0.997. The molecule has 0 aromatic heterocycles. The van der Waals surface area contributed by atoms with Crippen LogP contribution < -0.4 is 0 Å². The molecule has 52 valence electrons. The van der Waals surface area contributed by atoms with Crippen LogP contribution in [-0.2, 0) is 0 Å². The lowest BCUT2D eigenvalue weighted by molar-refractivity contribution is 1.39. The van der Waals surface area contributed by atoms with E-state index in [4.69, 9.17) is 0 Å². The van der Waals surface area contributed by atoms with Gasteiger partial charge in [-0.15, -0.1) is 13.2 Å². The van der Waals surface area contributed by atoms with Gasteiger partial charge < -0.3 is 0 Å². The standard InChI is InChI=1S/C6H10.C3H6/c1-3-5-6-4-2;1-3-2/h3-4,6H,1,5H2,2H3;3H,1H2,2H3/b6-4+;. The number of hydrogen-bond acceptors (Lipinski definition) is 0. The molecule has 0 aliphatic carbocycles. The molecule has 0 atom stereocenters. The zero-order valence-electron chi connectivity index (χ0n) is 6.43. The van der Waals surface area contributed by atoms with Crippen molar-refractivity contribution in [2.75, 3.05) is 0 Å². The number of hydrogen-bond donors (Lipinski definition) is 0. The molecule has 0 aromatic carbocycles. The SMILES string of the molecule is C=CC.C=CC/C=C/C. The van der Waals surface area contributed by atoms with Gasteiger partial charge in [0, 0.05) is 0 Å². The molecular formula is C9H16. The molecule has 0 radical (unpaired) electrons. The lowest BCUT2D eigenvalue weighted by atomic mass is 10.4. The Morgan fingerprint density at radius 1 is 1.22 bits per heavy atom. The Morgan fingerprint density at radius 2 is 1.67 bits per heavy atom. The van der Waals surface area contributed by atoms with Gasteiger partial charge in [-0.05, 0) is 20.3 Å². The topological polar surface area (TPSA) is 0 Å². The van der Waals surface area contributed by atoms with Gasteiger partial charge in [0.25, 0.3) is 0 Å². The van der Waals surface area contributed by atoms with Gasteiger partial charge >= 0.3 is 0 Å². The van der Waals surface area contributed by atoms with E-state index >= 15 is 0 Å². The fourth-order valence-electron chi connectivity index (χ4n) is 0.232. The van der Waals surface area contributed by atoms with Crippen LogP contribution in [0.5, 0.6) is 0 Å². The summed E-state index contributed by atoms with van der Waals surface area (Å²) in [6, 6.07) is 0. The third kappa shape index (κ3) is 39.9. The smallest absolute Gasteiger partial charge is 0.0172 e. The fraction of sp³-hybridized carbons (Fsp3) is 0.333. The van der Waals surface area contributed by atoms with E-state index < -0.39 is 0 Å². The Bertz CT molecular complexity index is 78.0. The molecule has 0 nitrogen and oxygen atoms in total. The summed E-state index contributed by atoms with van der Waals surface area (Å²) >= 11 is 0. The predicted octanol–water partition coefficient (Wildman–Crippen LogP) is 3.33. The molecule has 0 spiro atoms. The highest BCUT2D eigenvalue weighted by Gasteiger charge is 1.57. The van der Waals surface area contributed by atoms with Crippen molar-refractivity contribution in [1.29, 1.82) is 0 Å². The summed E-state index contributed by atoms with van der Waals surface area (Å²) in [7, 11) is 0. The summed E-state index contributed by atoms with van der Waals surface area (Å²) in [4.78, 5) is 0. The first kappa shape index (κ1) is 11.1. The van der Waals surface area contributed by atoms with Crippen molar-refractivity contribution in [2.24, 2.45) is 0 Å². The molecule has 0 aliphatic rings. The first-order valence-electron chi connectivity index (χ1n) is 3.12. The summed E-state index contributed by atoms with van der Waals surface area (Å²) in [5, 5.41) is 0. The number of allylic oxidation sites excluding steroid dienone is 4. The Kier molecular flexibility index (Phi) is 19.3.